The largest absolute Gasteiger partial charge is 0.487 e. The normalized spacial score (nSPS) is 26.3. The molecular weight excluding hydrogens is 472 g/mol. The van der Waals surface area contributed by atoms with Crippen LogP contribution in [0.3, 0.4) is 0 Å². The first-order chi connectivity index (χ1) is 15.3. The summed E-state index contributed by atoms with van der Waals surface area (Å²) in [7, 11) is 0. The van der Waals surface area contributed by atoms with Gasteiger partial charge in [-0.2, -0.15) is 8.78 Å². The molecule has 1 aliphatic heterocycles. The van der Waals surface area contributed by atoms with Gasteiger partial charge in [0.25, 0.3) is 11.8 Å². The molecule has 2 aromatic rings. The molecule has 0 unspecified atom stereocenters. The van der Waals surface area contributed by atoms with Gasteiger partial charge in [0, 0.05) is 18.1 Å². The zero-order valence-electron chi connectivity index (χ0n) is 17.3. The van der Waals surface area contributed by atoms with Crippen LogP contribution < -0.4 is 4.74 Å². The lowest BCUT2D eigenvalue weighted by Crippen LogP contribution is -2.55. The first kappa shape index (κ1) is 25.7. The molecule has 6 nitrogen and oxygen atoms in total. The molecule has 0 aromatic heterocycles. The zero-order chi connectivity index (χ0) is 24.6. The summed E-state index contributed by atoms with van der Waals surface area (Å²) in [5.41, 5.74) is -1.09. The van der Waals surface area contributed by atoms with Crippen molar-refractivity contribution in [3.63, 3.8) is 0 Å². The summed E-state index contributed by atoms with van der Waals surface area (Å²) in [6.07, 6.45) is -7.46. The van der Waals surface area contributed by atoms with Gasteiger partial charge in [0.05, 0.1) is 11.6 Å². The number of alkyl halides is 4. The van der Waals surface area contributed by atoms with Gasteiger partial charge in [0.15, 0.2) is 6.61 Å². The summed E-state index contributed by atoms with van der Waals surface area (Å²) < 4.78 is 66.8. The third-order valence-corrected chi connectivity index (χ3v) is 5.59. The van der Waals surface area contributed by atoms with Crippen LogP contribution in [0.5, 0.6) is 5.75 Å². The number of hydrogen-bond donors (Lipinski definition) is 4. The molecule has 0 saturated carbocycles. The third kappa shape index (κ3) is 5.59. The minimum atomic E-state index is -3.63. The second kappa shape index (κ2) is 9.73. The van der Waals surface area contributed by atoms with Crippen LogP contribution in [0.25, 0.3) is 0 Å². The molecule has 3 rings (SSSR count). The maximum Gasteiger partial charge on any atom is 0.299 e. The molecule has 2 aromatic carbocycles. The summed E-state index contributed by atoms with van der Waals surface area (Å²) in [6.45, 7) is -0.911. The summed E-state index contributed by atoms with van der Waals surface area (Å²) >= 11 is 6.02. The van der Waals surface area contributed by atoms with Gasteiger partial charge in [-0.15, -0.1) is 0 Å². The lowest BCUT2D eigenvalue weighted by molar-refractivity contribution is -0.231. The zero-order valence-corrected chi connectivity index (χ0v) is 18.1. The first-order valence-electron chi connectivity index (χ1n) is 9.94. The third-order valence-electron chi connectivity index (χ3n) is 5.26. The van der Waals surface area contributed by atoms with Crippen molar-refractivity contribution in [3.8, 4) is 5.75 Å². The Balaban J connectivity index is 1.89. The van der Waals surface area contributed by atoms with E-state index in [1.165, 1.54) is 12.1 Å². The lowest BCUT2D eigenvalue weighted by atomic mass is 9.89. The van der Waals surface area contributed by atoms with Gasteiger partial charge in [0.2, 0.25) is 0 Å². The number of rotatable bonds is 7. The highest BCUT2D eigenvalue weighted by Gasteiger charge is 2.45. The van der Waals surface area contributed by atoms with E-state index in [4.69, 9.17) is 21.1 Å². The molecule has 0 bridgehead atoms. The van der Waals surface area contributed by atoms with Crippen molar-refractivity contribution in [2.45, 2.75) is 49.3 Å². The Morgan fingerprint density at radius 1 is 0.970 bits per heavy atom. The van der Waals surface area contributed by atoms with Crippen LogP contribution >= 0.6 is 11.6 Å². The van der Waals surface area contributed by atoms with Crippen LogP contribution in [0.1, 0.15) is 29.7 Å². The van der Waals surface area contributed by atoms with E-state index in [-0.39, 0.29) is 16.3 Å². The molecule has 0 spiro atoms. The van der Waals surface area contributed by atoms with Crippen LogP contribution in [0.2, 0.25) is 5.02 Å². The fourth-order valence-electron chi connectivity index (χ4n) is 3.46. The molecule has 11 heteroatoms. The Bertz CT molecular complexity index is 951. The van der Waals surface area contributed by atoms with Gasteiger partial charge < -0.3 is 29.9 Å². The van der Waals surface area contributed by atoms with Crippen molar-refractivity contribution in [1.29, 1.82) is 0 Å². The number of halogens is 5. The predicted octanol–water partition coefficient (Wildman–Crippen LogP) is 3.03. The highest BCUT2D eigenvalue weighted by atomic mass is 35.5. The van der Waals surface area contributed by atoms with E-state index >= 15 is 8.78 Å². The van der Waals surface area contributed by atoms with Gasteiger partial charge in [-0.05, 0) is 42.0 Å². The average Bonchev–Trinajstić information content (AvgIpc) is 2.76. The molecule has 33 heavy (non-hydrogen) atoms. The molecule has 5 atom stereocenters. The Kier molecular flexibility index (Phi) is 7.57. The Labute approximate surface area is 192 Å². The average molecular weight is 495 g/mol. The van der Waals surface area contributed by atoms with Crippen LogP contribution in [-0.4, -0.2) is 64.0 Å². The van der Waals surface area contributed by atoms with E-state index in [1.54, 1.807) is 0 Å². The fourth-order valence-corrected chi connectivity index (χ4v) is 3.70. The van der Waals surface area contributed by atoms with Gasteiger partial charge in [-0.25, -0.2) is 8.78 Å². The maximum absolute atomic E-state index is 15.3. The number of ether oxygens (including phenoxy) is 2. The topological polar surface area (TPSA) is 99.4 Å². The highest BCUT2D eigenvalue weighted by molar-refractivity contribution is 6.31. The molecule has 0 radical (unpaired) electrons. The number of benzene rings is 2. The van der Waals surface area contributed by atoms with Gasteiger partial charge in [0.1, 0.15) is 36.3 Å². The molecule has 4 N–H and O–H groups in total. The number of aliphatic hydroxyl groups excluding tert-OH is 4. The Morgan fingerprint density at radius 3 is 2.18 bits per heavy atom. The van der Waals surface area contributed by atoms with E-state index < -0.39 is 66.7 Å². The molecule has 1 heterocycles. The van der Waals surface area contributed by atoms with E-state index in [9.17, 15) is 29.2 Å². The fraction of sp³-hybridized carbons (Fsp3) is 0.455. The van der Waals surface area contributed by atoms with Crippen LogP contribution in [0.4, 0.5) is 17.6 Å². The number of aliphatic hydroxyl groups is 4. The van der Waals surface area contributed by atoms with Crippen LogP contribution in [0.15, 0.2) is 42.5 Å². The van der Waals surface area contributed by atoms with E-state index in [1.807, 2.05) is 0 Å². The molecular formula is C22H23ClF4O6. The second-order valence-corrected chi connectivity index (χ2v) is 8.35. The van der Waals surface area contributed by atoms with E-state index in [0.29, 0.717) is 6.92 Å². The van der Waals surface area contributed by atoms with E-state index in [0.717, 1.165) is 30.3 Å². The Morgan fingerprint density at radius 2 is 1.61 bits per heavy atom. The maximum atomic E-state index is 15.3. The van der Waals surface area contributed by atoms with Crippen molar-refractivity contribution >= 4 is 11.6 Å². The summed E-state index contributed by atoms with van der Waals surface area (Å²) in [5, 5.41) is 39.2. The van der Waals surface area contributed by atoms with Crippen LogP contribution in [0, 0.1) is 0 Å². The second-order valence-electron chi connectivity index (χ2n) is 7.95. The standard InChI is InChI=1S/C22H23ClF4O6/c1-21(24,25)10-32-13-5-3-12(4-6-13)22(26,27)14-8-11(2-7-15(14)23)20-19(31)18(30)17(29)16(9-28)33-20/h2-8,16-20,28-31H,9-10H2,1H3/t16-,17-,18+,19-,20+/m1/s1. The minimum Gasteiger partial charge on any atom is -0.487 e. The summed E-state index contributed by atoms with van der Waals surface area (Å²) in [4.78, 5) is 0. The predicted molar refractivity (Wildman–Crippen MR) is 110 cm³/mol. The SMILES string of the molecule is CC(F)(F)COc1ccc(C(F)(F)c2cc([C@@H]3O[C@H](CO)[C@@H](O)[C@H](O)[C@H]3O)ccc2Cl)cc1. The highest BCUT2D eigenvalue weighted by Crippen LogP contribution is 2.42. The molecule has 0 amide bonds. The Hall–Kier alpha value is -1.95. The monoisotopic (exact) mass is 494 g/mol. The van der Waals surface area contributed by atoms with Crippen molar-refractivity contribution in [2.75, 3.05) is 13.2 Å². The molecule has 1 fully saturated rings. The van der Waals surface area contributed by atoms with Gasteiger partial charge in [-0.1, -0.05) is 17.7 Å². The lowest BCUT2D eigenvalue weighted by Gasteiger charge is -2.40. The summed E-state index contributed by atoms with van der Waals surface area (Å²) in [5.74, 6) is -6.73. The van der Waals surface area contributed by atoms with Crippen molar-refractivity contribution in [1.82, 2.24) is 0 Å². The molecule has 0 aliphatic carbocycles. The number of hydrogen-bond acceptors (Lipinski definition) is 6. The minimum absolute atomic E-state index is 0.0164. The summed E-state index contributed by atoms with van der Waals surface area (Å²) in [6, 6.07) is 7.77. The van der Waals surface area contributed by atoms with Crippen molar-refractivity contribution in [3.05, 3.63) is 64.2 Å². The van der Waals surface area contributed by atoms with E-state index in [2.05, 4.69) is 0 Å². The van der Waals surface area contributed by atoms with Crippen LogP contribution in [-0.2, 0) is 10.7 Å². The smallest absolute Gasteiger partial charge is 0.299 e. The first-order valence-corrected chi connectivity index (χ1v) is 10.3. The molecule has 1 aliphatic rings. The van der Waals surface area contributed by atoms with Gasteiger partial charge in [-0.3, -0.25) is 0 Å². The van der Waals surface area contributed by atoms with Crippen molar-refractivity contribution in [2.24, 2.45) is 0 Å². The molecule has 182 valence electrons. The van der Waals surface area contributed by atoms with Gasteiger partial charge >= 0.3 is 0 Å². The molecule has 1 saturated heterocycles. The van der Waals surface area contributed by atoms with Crippen molar-refractivity contribution < 1.29 is 47.5 Å². The quantitative estimate of drug-likeness (QED) is 0.442.